The van der Waals surface area contributed by atoms with Gasteiger partial charge in [0.15, 0.2) is 19.9 Å². The standard InChI is InChI=1S/C48H49IN4O6Si/c1-46(2,3)60(37-18-12-8-13-19-37,38-20-14-9-15-21-38)45(54)41-47(55,30-39(59-41)53-43-40(42(49)52-53)44(58-6)51-31-50-43)48(32-16-10-7-11-17-32,33-22-26-35(56-4)27-23-33)34-24-28-36(57-5)29-25-34/h7-29,31,39,41,45,54-55H,30H2,1-6H3/t39-,41-,45?,47+/m1/s1. The second kappa shape index (κ2) is 16.4. The van der Waals surface area contributed by atoms with Crippen molar-refractivity contribution in [2.75, 3.05) is 21.3 Å². The summed E-state index contributed by atoms with van der Waals surface area (Å²) in [6.45, 7) is 6.58. The number of fused-ring (bicyclic) bond motifs is 1. The van der Waals surface area contributed by atoms with Crippen molar-refractivity contribution in [3.05, 3.63) is 166 Å². The fourth-order valence-electron chi connectivity index (χ4n) is 9.89. The highest BCUT2D eigenvalue weighted by Gasteiger charge is 2.69. The van der Waals surface area contributed by atoms with Crippen LogP contribution in [0.2, 0.25) is 5.04 Å². The second-order valence-electron chi connectivity index (χ2n) is 16.3. The van der Waals surface area contributed by atoms with Gasteiger partial charge in [0.05, 0.1) is 32.5 Å². The molecule has 10 nitrogen and oxygen atoms in total. The minimum absolute atomic E-state index is 0.000933. The molecule has 1 fully saturated rings. The van der Waals surface area contributed by atoms with Crippen molar-refractivity contribution in [2.24, 2.45) is 0 Å². The van der Waals surface area contributed by atoms with Crippen molar-refractivity contribution in [3.63, 3.8) is 0 Å². The molecule has 8 rings (SSSR count). The number of ether oxygens (including phenoxy) is 4. The lowest BCUT2D eigenvalue weighted by atomic mass is 9.57. The quantitative estimate of drug-likeness (QED) is 0.0731. The highest BCUT2D eigenvalue weighted by Crippen LogP contribution is 2.58. The van der Waals surface area contributed by atoms with Crippen LogP contribution in [0.1, 0.15) is 50.1 Å². The van der Waals surface area contributed by atoms with Gasteiger partial charge >= 0.3 is 0 Å². The number of aromatic nitrogens is 4. The lowest BCUT2D eigenvalue weighted by Crippen LogP contribution is -2.77. The third-order valence-electron chi connectivity index (χ3n) is 12.4. The summed E-state index contributed by atoms with van der Waals surface area (Å²) < 4.78 is 26.8. The van der Waals surface area contributed by atoms with Crippen LogP contribution in [0.15, 0.2) is 146 Å². The molecule has 12 heteroatoms. The van der Waals surface area contributed by atoms with Crippen LogP contribution in [0.5, 0.6) is 17.4 Å². The van der Waals surface area contributed by atoms with E-state index in [4.69, 9.17) is 29.0 Å². The zero-order chi connectivity index (χ0) is 42.3. The van der Waals surface area contributed by atoms with E-state index in [9.17, 15) is 10.2 Å². The van der Waals surface area contributed by atoms with Gasteiger partial charge in [0, 0.05) is 6.42 Å². The minimum atomic E-state index is -3.46. The molecule has 3 heterocycles. The number of benzene rings is 5. The summed E-state index contributed by atoms with van der Waals surface area (Å²) in [6.07, 6.45) is -0.690. The van der Waals surface area contributed by atoms with Gasteiger partial charge in [-0.25, -0.2) is 14.6 Å². The Labute approximate surface area is 365 Å². The summed E-state index contributed by atoms with van der Waals surface area (Å²) >= 11 is 2.16. The number of methoxy groups -OCH3 is 3. The van der Waals surface area contributed by atoms with Gasteiger partial charge in [-0.15, -0.1) is 0 Å². The molecule has 1 aliphatic rings. The second-order valence-corrected chi connectivity index (χ2v) is 22.1. The van der Waals surface area contributed by atoms with Gasteiger partial charge in [-0.1, -0.05) is 146 Å². The van der Waals surface area contributed by atoms with E-state index in [-0.39, 0.29) is 6.42 Å². The predicted octanol–water partition coefficient (Wildman–Crippen LogP) is 7.47. The molecule has 0 saturated carbocycles. The average molecular weight is 933 g/mol. The third kappa shape index (κ3) is 6.51. The number of nitrogens with zero attached hydrogens (tertiary/aromatic N) is 4. The monoisotopic (exact) mass is 932 g/mol. The number of hydrogen-bond acceptors (Lipinski definition) is 9. The first-order valence-corrected chi connectivity index (χ1v) is 23.1. The highest BCUT2D eigenvalue weighted by atomic mass is 127. The molecule has 5 aromatic carbocycles. The lowest BCUT2D eigenvalue weighted by molar-refractivity contribution is -0.116. The molecule has 1 unspecified atom stereocenters. The Morgan fingerprint density at radius 3 is 1.67 bits per heavy atom. The smallest absolute Gasteiger partial charge is 0.228 e. The van der Waals surface area contributed by atoms with Gasteiger partial charge < -0.3 is 29.2 Å². The number of halogens is 1. The molecular weight excluding hydrogens is 884 g/mol. The number of hydrogen-bond donors (Lipinski definition) is 2. The van der Waals surface area contributed by atoms with Crippen molar-refractivity contribution in [3.8, 4) is 17.4 Å². The maximum absolute atomic E-state index is 14.8. The Morgan fingerprint density at radius 1 is 0.717 bits per heavy atom. The Balaban J connectivity index is 1.50. The molecule has 0 radical (unpaired) electrons. The average Bonchev–Trinajstić information content (AvgIpc) is 3.82. The fourth-order valence-corrected chi connectivity index (χ4v) is 16.5. The first kappa shape index (κ1) is 41.6. The summed E-state index contributed by atoms with van der Waals surface area (Å²) in [4.78, 5) is 9.07. The maximum atomic E-state index is 14.8. The highest BCUT2D eigenvalue weighted by molar-refractivity contribution is 14.1. The molecular formula is C48H49IN4O6Si. The number of aliphatic hydroxyl groups is 2. The molecule has 1 aliphatic heterocycles. The van der Waals surface area contributed by atoms with Crippen LogP contribution in [0.3, 0.4) is 0 Å². The van der Waals surface area contributed by atoms with E-state index in [1.165, 1.54) is 6.33 Å². The van der Waals surface area contributed by atoms with E-state index in [2.05, 4.69) is 72.6 Å². The summed E-state index contributed by atoms with van der Waals surface area (Å²) in [5.41, 5.74) is -1.67. The Bertz CT molecular complexity index is 2470. The molecule has 2 aromatic heterocycles. The van der Waals surface area contributed by atoms with Crippen molar-refractivity contribution in [1.82, 2.24) is 19.7 Å². The molecule has 60 heavy (non-hydrogen) atoms. The van der Waals surface area contributed by atoms with Crippen molar-refractivity contribution < 1.29 is 29.2 Å². The molecule has 0 bridgehead atoms. The SMILES string of the molecule is COc1ccc(C(c2ccccc2)(c2ccc(OC)cc2)[C@]2(O)C[C@H](n3nc(I)c4c(OC)ncnc43)O[C@@H]2C(O)[Si](c2ccccc2)(c2ccccc2)C(C)(C)C)cc1. The van der Waals surface area contributed by atoms with Gasteiger partial charge in [0.25, 0.3) is 0 Å². The van der Waals surface area contributed by atoms with Crippen molar-refractivity contribution in [2.45, 2.75) is 61.3 Å². The van der Waals surface area contributed by atoms with Crippen LogP contribution in [0, 0.1) is 3.70 Å². The Hall–Kier alpha value is -5.12. The summed E-state index contributed by atoms with van der Waals surface area (Å²) in [5.74, 6) is 1.71. The van der Waals surface area contributed by atoms with Crippen LogP contribution in [-0.4, -0.2) is 76.8 Å². The fraction of sp³-hybridized carbons (Fsp3) is 0.271. The lowest BCUT2D eigenvalue weighted by Gasteiger charge is -2.54. The van der Waals surface area contributed by atoms with E-state index in [1.807, 2.05) is 115 Å². The van der Waals surface area contributed by atoms with Gasteiger partial charge in [-0.3, -0.25) is 0 Å². The summed E-state index contributed by atoms with van der Waals surface area (Å²) in [7, 11) is 1.38. The molecule has 2 N–H and O–H groups in total. The zero-order valence-electron chi connectivity index (χ0n) is 34.5. The maximum Gasteiger partial charge on any atom is 0.228 e. The van der Waals surface area contributed by atoms with Crippen LogP contribution < -0.4 is 24.6 Å². The Kier molecular flexibility index (Phi) is 11.4. The molecule has 308 valence electrons. The molecule has 0 spiro atoms. The molecule has 4 atom stereocenters. The molecule has 1 saturated heterocycles. The number of aliphatic hydroxyl groups excluding tert-OH is 1. The van der Waals surface area contributed by atoms with E-state index in [0.717, 1.165) is 27.1 Å². The number of rotatable bonds is 12. The Morgan fingerprint density at radius 2 is 1.20 bits per heavy atom. The third-order valence-corrected chi connectivity index (χ3v) is 19.2. The van der Waals surface area contributed by atoms with E-state index in [0.29, 0.717) is 32.1 Å². The summed E-state index contributed by atoms with van der Waals surface area (Å²) in [6, 6.07) is 46.2. The van der Waals surface area contributed by atoms with Crippen LogP contribution in [-0.2, 0) is 10.2 Å². The topological polar surface area (TPSA) is 121 Å². The minimum Gasteiger partial charge on any atom is -0.497 e. The van der Waals surface area contributed by atoms with E-state index in [1.54, 1.807) is 26.0 Å². The van der Waals surface area contributed by atoms with E-state index >= 15 is 0 Å². The van der Waals surface area contributed by atoms with Gasteiger partial charge in [0.1, 0.15) is 38.6 Å². The zero-order valence-corrected chi connectivity index (χ0v) is 37.6. The predicted molar refractivity (Wildman–Crippen MR) is 244 cm³/mol. The van der Waals surface area contributed by atoms with E-state index < -0.39 is 42.2 Å². The van der Waals surface area contributed by atoms with Gasteiger partial charge in [0.2, 0.25) is 5.88 Å². The first-order valence-electron chi connectivity index (χ1n) is 19.9. The normalized spacial score (nSPS) is 18.9. The van der Waals surface area contributed by atoms with Crippen LogP contribution in [0.25, 0.3) is 11.0 Å². The van der Waals surface area contributed by atoms with Gasteiger partial charge in [-0.2, -0.15) is 5.10 Å². The molecule has 7 aromatic rings. The largest absolute Gasteiger partial charge is 0.497 e. The van der Waals surface area contributed by atoms with Crippen LogP contribution in [0.4, 0.5) is 0 Å². The first-order chi connectivity index (χ1) is 28.9. The summed E-state index contributed by atoms with van der Waals surface area (Å²) in [5, 5.41) is 35.9. The van der Waals surface area contributed by atoms with Crippen LogP contribution >= 0.6 is 22.6 Å². The van der Waals surface area contributed by atoms with Crippen molar-refractivity contribution in [1.29, 1.82) is 0 Å². The molecule has 0 amide bonds. The van der Waals surface area contributed by atoms with Crippen molar-refractivity contribution >= 4 is 52.1 Å². The van der Waals surface area contributed by atoms with Gasteiger partial charge in [-0.05, 0) is 68.6 Å². The molecule has 0 aliphatic carbocycles.